The van der Waals surface area contributed by atoms with Gasteiger partial charge in [-0.3, -0.25) is 4.79 Å². The number of amides is 1. The molecule has 21 heavy (non-hydrogen) atoms. The quantitative estimate of drug-likeness (QED) is 0.742. The number of rotatable bonds is 7. The first-order chi connectivity index (χ1) is 9.97. The predicted octanol–water partition coefficient (Wildman–Crippen LogP) is 1.39. The molecule has 6 nitrogen and oxygen atoms in total. The Labute approximate surface area is 123 Å². The molecule has 0 aliphatic carbocycles. The van der Waals surface area contributed by atoms with Gasteiger partial charge in [-0.2, -0.15) is 0 Å². The van der Waals surface area contributed by atoms with Crippen molar-refractivity contribution in [3.05, 3.63) is 35.4 Å². The summed E-state index contributed by atoms with van der Waals surface area (Å²) in [7, 11) is 3.12. The first-order valence-electron chi connectivity index (χ1n) is 6.38. The van der Waals surface area contributed by atoms with E-state index in [1.807, 2.05) is 12.1 Å². The van der Waals surface area contributed by atoms with Crippen LogP contribution < -0.4 is 14.8 Å². The van der Waals surface area contributed by atoms with Crippen LogP contribution in [0.3, 0.4) is 0 Å². The standard InChI is InChI=1S/C15H19NO5/c1-10(8-14(17)18)15(19)16-7-6-11-4-5-12(20-2)13(9-11)21-3/h4-5,8-9H,6-7H2,1-3H3,(H,16,19)(H,17,18). The maximum Gasteiger partial charge on any atom is 0.328 e. The van der Waals surface area contributed by atoms with Crippen molar-refractivity contribution in [2.24, 2.45) is 0 Å². The first kappa shape index (κ1) is 16.6. The molecule has 6 heteroatoms. The first-order valence-corrected chi connectivity index (χ1v) is 6.38. The molecule has 0 radical (unpaired) electrons. The van der Waals surface area contributed by atoms with E-state index in [9.17, 15) is 9.59 Å². The Morgan fingerprint density at radius 2 is 1.90 bits per heavy atom. The molecule has 1 amide bonds. The summed E-state index contributed by atoms with van der Waals surface area (Å²) in [6.45, 7) is 1.86. The summed E-state index contributed by atoms with van der Waals surface area (Å²) < 4.78 is 10.3. The van der Waals surface area contributed by atoms with Gasteiger partial charge in [0.15, 0.2) is 11.5 Å². The second kappa shape index (κ2) is 7.94. The molecule has 0 bridgehead atoms. The molecule has 0 aliphatic rings. The van der Waals surface area contributed by atoms with Gasteiger partial charge in [-0.05, 0) is 31.0 Å². The summed E-state index contributed by atoms with van der Waals surface area (Å²) in [5, 5.41) is 11.2. The average molecular weight is 293 g/mol. The second-order valence-electron chi connectivity index (χ2n) is 4.36. The van der Waals surface area contributed by atoms with Crippen molar-refractivity contribution >= 4 is 11.9 Å². The van der Waals surface area contributed by atoms with Gasteiger partial charge in [0.2, 0.25) is 5.91 Å². The van der Waals surface area contributed by atoms with Gasteiger partial charge < -0.3 is 19.9 Å². The van der Waals surface area contributed by atoms with Gasteiger partial charge in [0.05, 0.1) is 14.2 Å². The van der Waals surface area contributed by atoms with Crippen LogP contribution >= 0.6 is 0 Å². The van der Waals surface area contributed by atoms with Crippen LogP contribution in [0, 0.1) is 0 Å². The van der Waals surface area contributed by atoms with Crippen LogP contribution in [0.4, 0.5) is 0 Å². The minimum Gasteiger partial charge on any atom is -0.493 e. The molecule has 114 valence electrons. The fourth-order valence-corrected chi connectivity index (χ4v) is 1.75. The highest BCUT2D eigenvalue weighted by molar-refractivity contribution is 5.98. The van der Waals surface area contributed by atoms with Crippen LogP contribution in [-0.4, -0.2) is 37.7 Å². The lowest BCUT2D eigenvalue weighted by molar-refractivity contribution is -0.131. The Morgan fingerprint density at radius 1 is 1.24 bits per heavy atom. The van der Waals surface area contributed by atoms with Gasteiger partial charge in [0.1, 0.15) is 0 Å². The lowest BCUT2D eigenvalue weighted by Crippen LogP contribution is -2.26. The molecule has 0 aromatic heterocycles. The number of carbonyl (C=O) groups excluding carboxylic acids is 1. The van der Waals surface area contributed by atoms with Crippen LogP contribution in [0.5, 0.6) is 11.5 Å². The second-order valence-corrected chi connectivity index (χ2v) is 4.36. The molecule has 0 fully saturated rings. The highest BCUT2D eigenvalue weighted by Gasteiger charge is 2.07. The van der Waals surface area contributed by atoms with Crippen molar-refractivity contribution in [3.8, 4) is 11.5 Å². The van der Waals surface area contributed by atoms with Crippen molar-refractivity contribution in [2.45, 2.75) is 13.3 Å². The number of hydrogen-bond donors (Lipinski definition) is 2. The third-order valence-corrected chi connectivity index (χ3v) is 2.85. The molecule has 2 N–H and O–H groups in total. The zero-order valence-corrected chi connectivity index (χ0v) is 12.3. The number of carboxylic acids is 1. The third-order valence-electron chi connectivity index (χ3n) is 2.85. The van der Waals surface area contributed by atoms with Gasteiger partial charge in [0, 0.05) is 18.2 Å². The van der Waals surface area contributed by atoms with E-state index >= 15 is 0 Å². The highest BCUT2D eigenvalue weighted by atomic mass is 16.5. The van der Waals surface area contributed by atoms with Crippen LogP contribution in [0.1, 0.15) is 12.5 Å². The maximum atomic E-state index is 11.6. The monoisotopic (exact) mass is 293 g/mol. The fraction of sp³-hybridized carbons (Fsp3) is 0.333. The van der Waals surface area contributed by atoms with E-state index in [4.69, 9.17) is 14.6 Å². The summed E-state index contributed by atoms with van der Waals surface area (Å²) in [5.41, 5.74) is 1.14. The minimum absolute atomic E-state index is 0.162. The molecular formula is C15H19NO5. The number of carbonyl (C=O) groups is 2. The van der Waals surface area contributed by atoms with Crippen LogP contribution in [0.15, 0.2) is 29.8 Å². The fourth-order valence-electron chi connectivity index (χ4n) is 1.75. The highest BCUT2D eigenvalue weighted by Crippen LogP contribution is 2.27. The van der Waals surface area contributed by atoms with Crippen LogP contribution in [-0.2, 0) is 16.0 Å². The number of ether oxygens (including phenoxy) is 2. The Bertz CT molecular complexity index is 551. The molecular weight excluding hydrogens is 274 g/mol. The van der Waals surface area contributed by atoms with Gasteiger partial charge in [0.25, 0.3) is 0 Å². The normalized spacial score (nSPS) is 10.9. The zero-order chi connectivity index (χ0) is 15.8. The molecule has 0 spiro atoms. The lowest BCUT2D eigenvalue weighted by atomic mass is 10.1. The number of hydrogen-bond acceptors (Lipinski definition) is 4. The topological polar surface area (TPSA) is 84.9 Å². The van der Waals surface area contributed by atoms with Crippen molar-refractivity contribution in [2.75, 3.05) is 20.8 Å². The predicted molar refractivity (Wildman–Crippen MR) is 77.7 cm³/mol. The number of nitrogens with one attached hydrogen (secondary N) is 1. The number of methoxy groups -OCH3 is 2. The summed E-state index contributed by atoms with van der Waals surface area (Å²) >= 11 is 0. The van der Waals surface area contributed by atoms with E-state index in [2.05, 4.69) is 5.32 Å². The Hall–Kier alpha value is -2.50. The number of benzene rings is 1. The van der Waals surface area contributed by atoms with Crippen molar-refractivity contribution in [1.29, 1.82) is 0 Å². The van der Waals surface area contributed by atoms with E-state index in [1.54, 1.807) is 20.3 Å². The maximum absolute atomic E-state index is 11.6. The largest absolute Gasteiger partial charge is 0.493 e. The summed E-state index contributed by atoms with van der Waals surface area (Å²) in [5.74, 6) is -0.255. The van der Waals surface area contributed by atoms with E-state index in [1.165, 1.54) is 6.92 Å². The molecule has 1 aromatic rings. The summed E-state index contributed by atoms with van der Waals surface area (Å²) in [4.78, 5) is 22.1. The van der Waals surface area contributed by atoms with Gasteiger partial charge in [-0.25, -0.2) is 4.79 Å². The molecule has 0 heterocycles. The smallest absolute Gasteiger partial charge is 0.328 e. The molecule has 1 rings (SSSR count). The molecule has 0 unspecified atom stereocenters. The molecule has 1 aromatic carbocycles. The van der Waals surface area contributed by atoms with Crippen LogP contribution in [0.2, 0.25) is 0 Å². The van der Waals surface area contributed by atoms with Crippen molar-refractivity contribution in [3.63, 3.8) is 0 Å². The minimum atomic E-state index is -1.14. The van der Waals surface area contributed by atoms with Gasteiger partial charge in [-0.1, -0.05) is 6.07 Å². The van der Waals surface area contributed by atoms with E-state index in [0.29, 0.717) is 24.5 Å². The average Bonchev–Trinajstić information content (AvgIpc) is 2.46. The summed E-state index contributed by atoms with van der Waals surface area (Å²) in [6.07, 6.45) is 1.48. The molecule has 0 saturated heterocycles. The van der Waals surface area contributed by atoms with E-state index in [0.717, 1.165) is 11.6 Å². The number of aliphatic carboxylic acids is 1. The zero-order valence-electron chi connectivity index (χ0n) is 12.3. The molecule has 0 aliphatic heterocycles. The Morgan fingerprint density at radius 3 is 2.48 bits per heavy atom. The Balaban J connectivity index is 2.57. The van der Waals surface area contributed by atoms with E-state index in [-0.39, 0.29) is 5.57 Å². The van der Waals surface area contributed by atoms with Crippen molar-refractivity contribution < 1.29 is 24.2 Å². The van der Waals surface area contributed by atoms with E-state index < -0.39 is 11.9 Å². The van der Waals surface area contributed by atoms with Gasteiger partial charge >= 0.3 is 5.97 Å². The third kappa shape index (κ3) is 5.18. The molecule has 0 saturated carbocycles. The van der Waals surface area contributed by atoms with Gasteiger partial charge in [-0.15, -0.1) is 0 Å². The summed E-state index contributed by atoms with van der Waals surface area (Å²) in [6, 6.07) is 5.52. The lowest BCUT2D eigenvalue weighted by Gasteiger charge is -2.10. The number of carboxylic acid groups (broad SMARTS) is 1. The van der Waals surface area contributed by atoms with Crippen molar-refractivity contribution in [1.82, 2.24) is 5.32 Å². The SMILES string of the molecule is COc1ccc(CCNC(=O)C(C)=CC(=O)O)cc1OC. The molecule has 0 atom stereocenters. The Kier molecular flexibility index (Phi) is 6.26. The van der Waals surface area contributed by atoms with Crippen LogP contribution in [0.25, 0.3) is 0 Å².